The SMILES string of the molecule is O=C(COc1ccccc1F)N1CCN(C(=O)c2ccncc2)CC1. The fourth-order valence-corrected chi connectivity index (χ4v) is 2.63. The topological polar surface area (TPSA) is 62.7 Å². The van der Waals surface area contributed by atoms with Crippen LogP contribution in [0.1, 0.15) is 10.4 Å². The Hall–Kier alpha value is -2.96. The molecule has 0 saturated carbocycles. The van der Waals surface area contributed by atoms with Crippen LogP contribution in [0.25, 0.3) is 0 Å². The lowest BCUT2D eigenvalue weighted by molar-refractivity contribution is -0.134. The average Bonchev–Trinajstić information content (AvgIpc) is 2.67. The van der Waals surface area contributed by atoms with Crippen LogP contribution in [-0.4, -0.2) is 59.4 Å². The van der Waals surface area contributed by atoms with Crippen molar-refractivity contribution in [3.05, 3.63) is 60.2 Å². The van der Waals surface area contributed by atoms with E-state index in [4.69, 9.17) is 4.74 Å². The van der Waals surface area contributed by atoms with Crippen molar-refractivity contribution in [2.45, 2.75) is 0 Å². The molecule has 1 fully saturated rings. The van der Waals surface area contributed by atoms with Crippen molar-refractivity contribution in [3.8, 4) is 5.75 Å². The molecule has 7 heteroatoms. The second-order valence-electron chi connectivity index (χ2n) is 5.63. The summed E-state index contributed by atoms with van der Waals surface area (Å²) in [6, 6.07) is 9.30. The summed E-state index contributed by atoms with van der Waals surface area (Å²) in [4.78, 5) is 31.8. The van der Waals surface area contributed by atoms with Gasteiger partial charge in [0.25, 0.3) is 11.8 Å². The zero-order valence-electron chi connectivity index (χ0n) is 13.6. The molecule has 0 bridgehead atoms. The molecule has 2 amide bonds. The molecule has 2 aromatic rings. The highest BCUT2D eigenvalue weighted by Gasteiger charge is 2.25. The Labute approximate surface area is 144 Å². The Balaban J connectivity index is 1.49. The zero-order valence-corrected chi connectivity index (χ0v) is 13.6. The van der Waals surface area contributed by atoms with Crippen molar-refractivity contribution >= 4 is 11.8 Å². The molecule has 0 radical (unpaired) electrons. The maximum absolute atomic E-state index is 13.5. The molecule has 3 rings (SSSR count). The molecule has 1 aliphatic rings. The highest BCUT2D eigenvalue weighted by Crippen LogP contribution is 2.15. The largest absolute Gasteiger partial charge is 0.481 e. The van der Waals surface area contributed by atoms with Gasteiger partial charge < -0.3 is 14.5 Å². The first-order valence-electron chi connectivity index (χ1n) is 7.99. The quantitative estimate of drug-likeness (QED) is 0.846. The number of carbonyl (C=O) groups excluding carboxylic acids is 2. The van der Waals surface area contributed by atoms with Gasteiger partial charge in [0.1, 0.15) is 0 Å². The van der Waals surface area contributed by atoms with Crippen LogP contribution in [0, 0.1) is 5.82 Å². The van der Waals surface area contributed by atoms with E-state index >= 15 is 0 Å². The number of amides is 2. The van der Waals surface area contributed by atoms with Gasteiger partial charge in [0.15, 0.2) is 18.2 Å². The first-order valence-corrected chi connectivity index (χ1v) is 7.99. The molecule has 1 aromatic heterocycles. The van der Waals surface area contributed by atoms with Gasteiger partial charge in [-0.05, 0) is 24.3 Å². The van der Waals surface area contributed by atoms with Gasteiger partial charge in [-0.15, -0.1) is 0 Å². The summed E-state index contributed by atoms with van der Waals surface area (Å²) in [6.07, 6.45) is 3.15. The molecular formula is C18H18FN3O3. The highest BCUT2D eigenvalue weighted by molar-refractivity contribution is 5.94. The first kappa shape index (κ1) is 16.9. The Bertz CT molecular complexity index is 746. The lowest BCUT2D eigenvalue weighted by Crippen LogP contribution is -2.51. The molecule has 25 heavy (non-hydrogen) atoms. The normalized spacial score (nSPS) is 14.3. The number of halogens is 1. The maximum atomic E-state index is 13.5. The summed E-state index contributed by atoms with van der Waals surface area (Å²) in [5.41, 5.74) is 0.581. The van der Waals surface area contributed by atoms with E-state index in [1.807, 2.05) is 0 Å². The highest BCUT2D eigenvalue weighted by atomic mass is 19.1. The smallest absolute Gasteiger partial charge is 0.260 e. The second-order valence-corrected chi connectivity index (χ2v) is 5.63. The molecular weight excluding hydrogens is 325 g/mol. The minimum atomic E-state index is -0.497. The Morgan fingerprint density at radius 2 is 1.64 bits per heavy atom. The molecule has 1 aliphatic heterocycles. The van der Waals surface area contributed by atoms with Crippen LogP contribution in [0.4, 0.5) is 4.39 Å². The van der Waals surface area contributed by atoms with E-state index < -0.39 is 5.82 Å². The van der Waals surface area contributed by atoms with Gasteiger partial charge in [-0.25, -0.2) is 4.39 Å². The van der Waals surface area contributed by atoms with E-state index in [-0.39, 0.29) is 24.2 Å². The third-order valence-electron chi connectivity index (χ3n) is 4.03. The molecule has 0 N–H and O–H groups in total. The third kappa shape index (κ3) is 4.12. The van der Waals surface area contributed by atoms with Crippen molar-refractivity contribution in [3.63, 3.8) is 0 Å². The van der Waals surface area contributed by atoms with E-state index in [9.17, 15) is 14.0 Å². The number of pyridine rings is 1. The molecule has 0 spiro atoms. The lowest BCUT2D eigenvalue weighted by Gasteiger charge is -2.34. The summed E-state index contributed by atoms with van der Waals surface area (Å²) in [5, 5.41) is 0. The van der Waals surface area contributed by atoms with E-state index in [2.05, 4.69) is 4.98 Å². The Morgan fingerprint density at radius 1 is 1.00 bits per heavy atom. The number of aromatic nitrogens is 1. The van der Waals surface area contributed by atoms with E-state index in [0.29, 0.717) is 31.7 Å². The maximum Gasteiger partial charge on any atom is 0.260 e. The van der Waals surface area contributed by atoms with Crippen molar-refractivity contribution in [1.82, 2.24) is 14.8 Å². The molecule has 1 saturated heterocycles. The summed E-state index contributed by atoms with van der Waals surface area (Å²) in [6.45, 7) is 1.53. The van der Waals surface area contributed by atoms with Gasteiger partial charge in [0, 0.05) is 44.1 Å². The fourth-order valence-electron chi connectivity index (χ4n) is 2.63. The number of para-hydroxylation sites is 1. The van der Waals surface area contributed by atoms with Gasteiger partial charge in [0.05, 0.1) is 0 Å². The van der Waals surface area contributed by atoms with Gasteiger partial charge in [-0.2, -0.15) is 0 Å². The number of piperazine rings is 1. The number of hydrogen-bond donors (Lipinski definition) is 0. The van der Waals surface area contributed by atoms with Crippen LogP contribution < -0.4 is 4.74 Å². The number of benzene rings is 1. The lowest BCUT2D eigenvalue weighted by atomic mass is 10.2. The predicted octanol–water partition coefficient (Wildman–Crippen LogP) is 1.58. The van der Waals surface area contributed by atoms with E-state index in [1.165, 1.54) is 12.1 Å². The van der Waals surface area contributed by atoms with Crippen LogP contribution in [0.15, 0.2) is 48.8 Å². The molecule has 6 nitrogen and oxygen atoms in total. The number of ether oxygens (including phenoxy) is 1. The predicted molar refractivity (Wildman–Crippen MR) is 88.6 cm³/mol. The Kier molecular flexibility index (Phi) is 5.23. The van der Waals surface area contributed by atoms with Gasteiger partial charge in [-0.1, -0.05) is 12.1 Å². The number of rotatable bonds is 4. The summed E-state index contributed by atoms with van der Waals surface area (Å²) in [5.74, 6) is -0.734. The third-order valence-corrected chi connectivity index (χ3v) is 4.03. The number of carbonyl (C=O) groups is 2. The van der Waals surface area contributed by atoms with Gasteiger partial charge >= 0.3 is 0 Å². The average molecular weight is 343 g/mol. The summed E-state index contributed by atoms with van der Waals surface area (Å²) in [7, 11) is 0. The molecule has 2 heterocycles. The van der Waals surface area contributed by atoms with Crippen LogP contribution in [0.2, 0.25) is 0 Å². The summed E-state index contributed by atoms with van der Waals surface area (Å²) >= 11 is 0. The van der Waals surface area contributed by atoms with Crippen molar-refractivity contribution in [1.29, 1.82) is 0 Å². The fraction of sp³-hybridized carbons (Fsp3) is 0.278. The van der Waals surface area contributed by atoms with Gasteiger partial charge in [-0.3, -0.25) is 14.6 Å². The van der Waals surface area contributed by atoms with Crippen LogP contribution in [-0.2, 0) is 4.79 Å². The van der Waals surface area contributed by atoms with Crippen molar-refractivity contribution in [2.24, 2.45) is 0 Å². The first-order chi connectivity index (χ1) is 12.1. The number of hydrogen-bond acceptors (Lipinski definition) is 4. The molecule has 0 unspecified atom stereocenters. The molecule has 0 aliphatic carbocycles. The minimum Gasteiger partial charge on any atom is -0.481 e. The second kappa shape index (κ2) is 7.74. The molecule has 130 valence electrons. The van der Waals surface area contributed by atoms with E-state index in [1.54, 1.807) is 46.5 Å². The minimum absolute atomic E-state index is 0.0577. The molecule has 0 atom stereocenters. The molecule has 1 aromatic carbocycles. The summed E-state index contributed by atoms with van der Waals surface area (Å²) < 4.78 is 18.7. The number of nitrogens with zero attached hydrogens (tertiary/aromatic N) is 3. The Morgan fingerprint density at radius 3 is 2.32 bits per heavy atom. The standard InChI is InChI=1S/C18H18FN3O3/c19-15-3-1-2-4-16(15)25-13-17(23)21-9-11-22(12-10-21)18(24)14-5-7-20-8-6-14/h1-8H,9-13H2. The van der Waals surface area contributed by atoms with Gasteiger partial charge in [0.2, 0.25) is 0 Å². The zero-order chi connectivity index (χ0) is 17.6. The van der Waals surface area contributed by atoms with Crippen LogP contribution in [0.3, 0.4) is 0 Å². The van der Waals surface area contributed by atoms with Crippen molar-refractivity contribution in [2.75, 3.05) is 32.8 Å². The van der Waals surface area contributed by atoms with Crippen LogP contribution >= 0.6 is 0 Å². The van der Waals surface area contributed by atoms with Crippen molar-refractivity contribution < 1.29 is 18.7 Å². The van der Waals surface area contributed by atoms with Crippen LogP contribution in [0.5, 0.6) is 5.75 Å². The monoisotopic (exact) mass is 343 g/mol. The van der Waals surface area contributed by atoms with E-state index in [0.717, 1.165) is 0 Å².